The molecule has 1 heterocycles. The molecular formula is C20H26N2O2. The zero-order valence-electron chi connectivity index (χ0n) is 14.4. The number of aryl methyl sites for hydroxylation is 2. The third kappa shape index (κ3) is 2.52. The molecule has 0 spiro atoms. The summed E-state index contributed by atoms with van der Waals surface area (Å²) in [5.41, 5.74) is 2.73. The van der Waals surface area contributed by atoms with Crippen molar-refractivity contribution in [1.82, 2.24) is 10.2 Å². The molecule has 1 saturated heterocycles. The van der Waals surface area contributed by atoms with E-state index in [0.29, 0.717) is 12.5 Å². The van der Waals surface area contributed by atoms with E-state index in [2.05, 4.69) is 17.4 Å². The minimum atomic E-state index is -0.913. The van der Waals surface area contributed by atoms with Gasteiger partial charge in [-0.15, -0.1) is 0 Å². The molecule has 2 aliphatic carbocycles. The number of nitrogens with one attached hydrogen (secondary N) is 1. The van der Waals surface area contributed by atoms with Crippen LogP contribution in [-0.4, -0.2) is 23.4 Å². The summed E-state index contributed by atoms with van der Waals surface area (Å²) in [7, 11) is 0. The molecule has 4 nitrogen and oxygen atoms in total. The molecule has 128 valence electrons. The molecule has 1 saturated carbocycles. The first kappa shape index (κ1) is 15.7. The van der Waals surface area contributed by atoms with Crippen LogP contribution in [0.25, 0.3) is 0 Å². The van der Waals surface area contributed by atoms with Crippen LogP contribution in [0.3, 0.4) is 0 Å². The van der Waals surface area contributed by atoms with Crippen molar-refractivity contribution in [3.8, 4) is 0 Å². The van der Waals surface area contributed by atoms with Gasteiger partial charge in [0.25, 0.3) is 5.91 Å². The first-order valence-electron chi connectivity index (χ1n) is 9.34. The molecule has 1 unspecified atom stereocenters. The van der Waals surface area contributed by atoms with Gasteiger partial charge in [0, 0.05) is 6.54 Å². The average molecular weight is 326 g/mol. The number of imide groups is 1. The molecule has 4 rings (SSSR count). The van der Waals surface area contributed by atoms with Crippen LogP contribution in [0.1, 0.15) is 62.1 Å². The molecule has 24 heavy (non-hydrogen) atoms. The second kappa shape index (κ2) is 5.91. The van der Waals surface area contributed by atoms with Gasteiger partial charge < -0.3 is 5.32 Å². The van der Waals surface area contributed by atoms with Crippen molar-refractivity contribution in [1.29, 1.82) is 0 Å². The highest BCUT2D eigenvalue weighted by Crippen LogP contribution is 2.34. The molecule has 1 N–H and O–H groups in total. The molecular weight excluding hydrogens is 300 g/mol. The molecule has 1 aromatic rings. The lowest BCUT2D eigenvalue weighted by Gasteiger charge is -2.26. The predicted molar refractivity (Wildman–Crippen MR) is 92.6 cm³/mol. The van der Waals surface area contributed by atoms with Crippen molar-refractivity contribution in [3.63, 3.8) is 0 Å². The fourth-order valence-electron chi connectivity index (χ4n) is 4.57. The van der Waals surface area contributed by atoms with Crippen LogP contribution in [0, 0.1) is 5.92 Å². The Morgan fingerprint density at radius 2 is 1.83 bits per heavy atom. The van der Waals surface area contributed by atoms with Crippen LogP contribution in [0.15, 0.2) is 18.2 Å². The number of amides is 3. The summed E-state index contributed by atoms with van der Waals surface area (Å²) >= 11 is 0. The van der Waals surface area contributed by atoms with Crippen LogP contribution in [0.5, 0.6) is 0 Å². The summed E-state index contributed by atoms with van der Waals surface area (Å²) in [6.07, 6.45) is 9.37. The topological polar surface area (TPSA) is 49.4 Å². The molecule has 3 amide bonds. The second-order valence-electron chi connectivity index (χ2n) is 7.81. The lowest BCUT2D eigenvalue weighted by atomic mass is 9.87. The first-order valence-corrected chi connectivity index (χ1v) is 9.34. The van der Waals surface area contributed by atoms with Crippen molar-refractivity contribution in [3.05, 3.63) is 34.9 Å². The summed E-state index contributed by atoms with van der Waals surface area (Å²) in [6, 6.07) is 6.05. The number of urea groups is 1. The van der Waals surface area contributed by atoms with E-state index in [1.807, 2.05) is 13.0 Å². The maximum atomic E-state index is 13.1. The number of fused-ring (bicyclic) bond motifs is 1. The van der Waals surface area contributed by atoms with Gasteiger partial charge in [0.2, 0.25) is 0 Å². The summed E-state index contributed by atoms with van der Waals surface area (Å²) in [6.45, 7) is 2.43. The van der Waals surface area contributed by atoms with Crippen LogP contribution >= 0.6 is 0 Å². The van der Waals surface area contributed by atoms with Gasteiger partial charge in [-0.2, -0.15) is 0 Å². The maximum absolute atomic E-state index is 13.1. The van der Waals surface area contributed by atoms with Crippen LogP contribution < -0.4 is 5.32 Å². The quantitative estimate of drug-likeness (QED) is 0.864. The lowest BCUT2D eigenvalue weighted by Crippen LogP contribution is -2.41. The van der Waals surface area contributed by atoms with Crippen molar-refractivity contribution in [2.45, 2.75) is 63.8 Å². The van der Waals surface area contributed by atoms with Gasteiger partial charge in [-0.05, 0) is 61.6 Å². The summed E-state index contributed by atoms with van der Waals surface area (Å²) in [5.74, 6) is 0.381. The van der Waals surface area contributed by atoms with E-state index in [1.165, 1.54) is 41.7 Å². The number of carbonyl (C=O) groups is 2. The Bertz CT molecular complexity index is 678. The van der Waals surface area contributed by atoms with Crippen molar-refractivity contribution in [2.75, 3.05) is 6.54 Å². The number of benzene rings is 1. The first-order chi connectivity index (χ1) is 11.6. The monoisotopic (exact) mass is 326 g/mol. The Kier molecular flexibility index (Phi) is 3.86. The highest BCUT2D eigenvalue weighted by atomic mass is 16.2. The molecule has 3 aliphatic rings. The van der Waals surface area contributed by atoms with Gasteiger partial charge in [0.15, 0.2) is 0 Å². The summed E-state index contributed by atoms with van der Waals surface area (Å²) in [5, 5.41) is 2.96. The Hall–Kier alpha value is -1.84. The van der Waals surface area contributed by atoms with Gasteiger partial charge in [-0.1, -0.05) is 37.5 Å². The highest BCUT2D eigenvalue weighted by Gasteiger charge is 2.49. The fourth-order valence-corrected chi connectivity index (χ4v) is 4.57. The highest BCUT2D eigenvalue weighted by molar-refractivity contribution is 6.07. The standard InChI is InChI=1S/C20H26N2O2/c1-20(17-11-10-15-8-5-9-16(15)12-17)18(23)22(19(24)21-20)13-14-6-3-2-4-7-14/h10-12,14H,2-9,13H2,1H3,(H,21,24). The lowest BCUT2D eigenvalue weighted by molar-refractivity contribution is -0.131. The SMILES string of the molecule is CC1(c2ccc3c(c2)CCC3)NC(=O)N(CC2CCCCC2)C1=O. The smallest absolute Gasteiger partial charge is 0.319 e. The Morgan fingerprint density at radius 1 is 1.08 bits per heavy atom. The Balaban J connectivity index is 1.57. The predicted octanol–water partition coefficient (Wildman–Crippen LogP) is 3.52. The summed E-state index contributed by atoms with van der Waals surface area (Å²) < 4.78 is 0. The van der Waals surface area contributed by atoms with Gasteiger partial charge in [-0.3, -0.25) is 9.69 Å². The van der Waals surface area contributed by atoms with Crippen molar-refractivity contribution >= 4 is 11.9 Å². The second-order valence-corrected chi connectivity index (χ2v) is 7.81. The molecule has 1 aliphatic heterocycles. The maximum Gasteiger partial charge on any atom is 0.325 e. The van der Waals surface area contributed by atoms with E-state index < -0.39 is 5.54 Å². The van der Waals surface area contributed by atoms with Gasteiger partial charge in [-0.25, -0.2) is 4.79 Å². The number of carbonyl (C=O) groups excluding carboxylic acids is 2. The molecule has 1 aromatic carbocycles. The fraction of sp³-hybridized carbons (Fsp3) is 0.600. The van der Waals surface area contributed by atoms with E-state index in [1.54, 1.807) is 0 Å². The van der Waals surface area contributed by atoms with E-state index in [9.17, 15) is 9.59 Å². The van der Waals surface area contributed by atoms with Gasteiger partial charge >= 0.3 is 6.03 Å². The molecule has 0 bridgehead atoms. The third-order valence-electron chi connectivity index (χ3n) is 6.12. The molecule has 0 radical (unpaired) electrons. The number of rotatable bonds is 3. The largest absolute Gasteiger partial charge is 0.325 e. The molecule has 2 fully saturated rings. The van der Waals surface area contributed by atoms with Crippen LogP contribution in [0.2, 0.25) is 0 Å². The van der Waals surface area contributed by atoms with Crippen molar-refractivity contribution < 1.29 is 9.59 Å². The van der Waals surface area contributed by atoms with E-state index in [4.69, 9.17) is 0 Å². The average Bonchev–Trinajstić information content (AvgIpc) is 3.14. The van der Waals surface area contributed by atoms with E-state index in [-0.39, 0.29) is 11.9 Å². The number of hydrogen-bond donors (Lipinski definition) is 1. The minimum absolute atomic E-state index is 0.0870. The number of hydrogen-bond acceptors (Lipinski definition) is 2. The molecule has 1 atom stereocenters. The molecule has 0 aromatic heterocycles. The zero-order valence-corrected chi connectivity index (χ0v) is 14.4. The Labute approximate surface area is 143 Å². The van der Waals surface area contributed by atoms with E-state index >= 15 is 0 Å². The summed E-state index contributed by atoms with van der Waals surface area (Å²) in [4.78, 5) is 27.0. The number of nitrogens with zero attached hydrogens (tertiary/aromatic N) is 1. The minimum Gasteiger partial charge on any atom is -0.319 e. The van der Waals surface area contributed by atoms with Crippen LogP contribution in [0.4, 0.5) is 4.79 Å². The third-order valence-corrected chi connectivity index (χ3v) is 6.12. The van der Waals surface area contributed by atoms with E-state index in [0.717, 1.165) is 31.2 Å². The Morgan fingerprint density at radius 3 is 2.62 bits per heavy atom. The molecule has 4 heteroatoms. The van der Waals surface area contributed by atoms with Gasteiger partial charge in [0.05, 0.1) is 0 Å². The zero-order chi connectivity index (χ0) is 16.7. The normalized spacial score (nSPS) is 27.5. The van der Waals surface area contributed by atoms with Crippen molar-refractivity contribution in [2.24, 2.45) is 5.92 Å². The van der Waals surface area contributed by atoms with Gasteiger partial charge in [0.1, 0.15) is 5.54 Å². The van der Waals surface area contributed by atoms with Crippen LogP contribution in [-0.2, 0) is 23.2 Å².